The number of aromatic nitrogens is 1. The summed E-state index contributed by atoms with van der Waals surface area (Å²) < 4.78 is 19.0. The molecule has 0 bridgehead atoms. The monoisotopic (exact) mass is 272 g/mol. The van der Waals surface area contributed by atoms with E-state index in [-0.39, 0.29) is 12.4 Å². The van der Waals surface area contributed by atoms with Crippen molar-refractivity contribution in [3.8, 4) is 5.88 Å². The van der Waals surface area contributed by atoms with Crippen LogP contribution in [0.2, 0.25) is 0 Å². The van der Waals surface area contributed by atoms with Crippen molar-refractivity contribution in [3.63, 3.8) is 0 Å². The van der Waals surface area contributed by atoms with Crippen molar-refractivity contribution in [2.75, 3.05) is 0 Å². The van der Waals surface area contributed by atoms with Crippen LogP contribution in [0, 0.1) is 5.82 Å². The molecule has 1 aromatic carbocycles. The number of ether oxygens (including phenoxy) is 1. The fourth-order valence-corrected chi connectivity index (χ4v) is 1.94. The summed E-state index contributed by atoms with van der Waals surface area (Å²) in [4.78, 5) is 4.41. The normalized spacial score (nSPS) is 14.2. The van der Waals surface area contributed by atoms with E-state index >= 15 is 0 Å². The number of hydrogen-bond donors (Lipinski definition) is 1. The van der Waals surface area contributed by atoms with Gasteiger partial charge in [0.2, 0.25) is 5.88 Å². The maximum atomic E-state index is 13.5. The molecule has 20 heavy (non-hydrogen) atoms. The van der Waals surface area contributed by atoms with E-state index in [1.54, 1.807) is 24.3 Å². The first-order valence-electron chi connectivity index (χ1n) is 6.87. The van der Waals surface area contributed by atoms with Crippen LogP contribution in [-0.4, -0.2) is 11.0 Å². The lowest BCUT2D eigenvalue weighted by atomic mass is 10.2. The summed E-state index contributed by atoms with van der Waals surface area (Å²) in [6, 6.07) is 12.9. The van der Waals surface area contributed by atoms with Crippen molar-refractivity contribution < 1.29 is 9.13 Å². The number of nitrogens with one attached hydrogen (secondary N) is 1. The molecular formula is C16H17FN2O. The molecule has 0 saturated heterocycles. The van der Waals surface area contributed by atoms with Gasteiger partial charge in [0, 0.05) is 24.2 Å². The first kappa shape index (κ1) is 13.1. The highest BCUT2D eigenvalue weighted by atomic mass is 19.1. The van der Waals surface area contributed by atoms with Crippen LogP contribution in [0.1, 0.15) is 24.1 Å². The number of pyridine rings is 1. The molecule has 1 aliphatic carbocycles. The predicted octanol–water partition coefficient (Wildman–Crippen LogP) is 3.05. The highest BCUT2D eigenvalue weighted by molar-refractivity contribution is 5.19. The van der Waals surface area contributed by atoms with Gasteiger partial charge in [0.15, 0.2) is 0 Å². The Hall–Kier alpha value is -1.94. The topological polar surface area (TPSA) is 34.1 Å². The number of benzene rings is 1. The molecule has 1 heterocycles. The first-order valence-corrected chi connectivity index (χ1v) is 6.87. The van der Waals surface area contributed by atoms with Crippen LogP contribution in [0.25, 0.3) is 0 Å². The van der Waals surface area contributed by atoms with Crippen molar-refractivity contribution >= 4 is 0 Å². The van der Waals surface area contributed by atoms with Gasteiger partial charge in [0.05, 0.1) is 5.69 Å². The zero-order chi connectivity index (χ0) is 13.8. The molecule has 0 spiro atoms. The molecule has 3 nitrogen and oxygen atoms in total. The summed E-state index contributed by atoms with van der Waals surface area (Å²) in [7, 11) is 0. The second kappa shape index (κ2) is 6.01. The van der Waals surface area contributed by atoms with Crippen LogP contribution in [0.4, 0.5) is 4.39 Å². The van der Waals surface area contributed by atoms with E-state index in [2.05, 4.69) is 10.3 Å². The number of rotatable bonds is 6. The quantitative estimate of drug-likeness (QED) is 0.877. The number of halogens is 1. The molecule has 1 saturated carbocycles. The van der Waals surface area contributed by atoms with Gasteiger partial charge in [-0.1, -0.05) is 24.3 Å². The third kappa shape index (κ3) is 3.54. The highest BCUT2D eigenvalue weighted by Crippen LogP contribution is 2.19. The molecule has 0 unspecified atom stereocenters. The molecular weight excluding hydrogens is 255 g/mol. The van der Waals surface area contributed by atoms with Gasteiger partial charge in [-0.05, 0) is 25.0 Å². The third-order valence-corrected chi connectivity index (χ3v) is 3.26. The number of hydrogen-bond acceptors (Lipinski definition) is 3. The summed E-state index contributed by atoms with van der Waals surface area (Å²) in [5, 5.41) is 3.40. The molecule has 1 N–H and O–H groups in total. The number of nitrogens with zero attached hydrogens (tertiary/aromatic N) is 1. The Kier molecular flexibility index (Phi) is 3.92. The largest absolute Gasteiger partial charge is 0.473 e. The molecule has 1 aromatic heterocycles. The summed E-state index contributed by atoms with van der Waals surface area (Å²) in [6.07, 6.45) is 2.51. The Morgan fingerprint density at radius 2 is 2.00 bits per heavy atom. The molecule has 104 valence electrons. The van der Waals surface area contributed by atoms with Gasteiger partial charge in [-0.3, -0.25) is 0 Å². The van der Waals surface area contributed by atoms with E-state index in [0.29, 0.717) is 17.5 Å². The maximum absolute atomic E-state index is 13.5. The lowest BCUT2D eigenvalue weighted by molar-refractivity contribution is 0.287. The van der Waals surface area contributed by atoms with Gasteiger partial charge in [-0.2, -0.15) is 0 Å². The molecule has 3 rings (SSSR count). The lowest BCUT2D eigenvalue weighted by Gasteiger charge is -2.08. The lowest BCUT2D eigenvalue weighted by Crippen LogP contribution is -2.16. The van der Waals surface area contributed by atoms with Crippen molar-refractivity contribution in [1.82, 2.24) is 10.3 Å². The minimum Gasteiger partial charge on any atom is -0.473 e. The Labute approximate surface area is 117 Å². The average molecular weight is 272 g/mol. The predicted molar refractivity (Wildman–Crippen MR) is 74.8 cm³/mol. The third-order valence-electron chi connectivity index (χ3n) is 3.26. The van der Waals surface area contributed by atoms with E-state index < -0.39 is 0 Å². The molecule has 0 radical (unpaired) electrons. The van der Waals surface area contributed by atoms with Crippen LogP contribution in [0.5, 0.6) is 5.88 Å². The smallest absolute Gasteiger partial charge is 0.213 e. The summed E-state index contributed by atoms with van der Waals surface area (Å²) in [6.45, 7) is 0.945. The van der Waals surface area contributed by atoms with Crippen LogP contribution in [0.3, 0.4) is 0 Å². The van der Waals surface area contributed by atoms with E-state index in [4.69, 9.17) is 4.74 Å². The molecule has 1 fully saturated rings. The van der Waals surface area contributed by atoms with Gasteiger partial charge >= 0.3 is 0 Å². The van der Waals surface area contributed by atoms with E-state index in [1.807, 2.05) is 12.1 Å². The van der Waals surface area contributed by atoms with Crippen molar-refractivity contribution in [2.45, 2.75) is 32.0 Å². The summed E-state index contributed by atoms with van der Waals surface area (Å²) in [5.74, 6) is 0.280. The Morgan fingerprint density at radius 1 is 1.15 bits per heavy atom. The van der Waals surface area contributed by atoms with Crippen LogP contribution in [-0.2, 0) is 13.2 Å². The fourth-order valence-electron chi connectivity index (χ4n) is 1.94. The average Bonchev–Trinajstić information content (AvgIpc) is 3.29. The minimum atomic E-state index is -0.251. The van der Waals surface area contributed by atoms with Crippen LogP contribution < -0.4 is 10.1 Å². The Balaban J connectivity index is 1.59. The first-order chi connectivity index (χ1) is 9.81. The molecule has 2 aromatic rings. The van der Waals surface area contributed by atoms with E-state index in [9.17, 15) is 4.39 Å². The van der Waals surface area contributed by atoms with Crippen LogP contribution in [0.15, 0.2) is 42.5 Å². The Bertz CT molecular complexity index is 584. The molecule has 0 amide bonds. The van der Waals surface area contributed by atoms with E-state index in [0.717, 1.165) is 12.2 Å². The zero-order valence-corrected chi connectivity index (χ0v) is 11.2. The maximum Gasteiger partial charge on any atom is 0.213 e. The van der Waals surface area contributed by atoms with Crippen LogP contribution >= 0.6 is 0 Å². The molecule has 4 heteroatoms. The molecule has 0 aliphatic heterocycles. The molecule has 0 atom stereocenters. The van der Waals surface area contributed by atoms with Gasteiger partial charge < -0.3 is 10.1 Å². The van der Waals surface area contributed by atoms with E-state index in [1.165, 1.54) is 18.9 Å². The van der Waals surface area contributed by atoms with Crippen molar-refractivity contribution in [3.05, 3.63) is 59.5 Å². The second-order valence-electron chi connectivity index (χ2n) is 5.00. The zero-order valence-electron chi connectivity index (χ0n) is 11.2. The fraction of sp³-hybridized carbons (Fsp3) is 0.312. The van der Waals surface area contributed by atoms with Gasteiger partial charge in [-0.25, -0.2) is 9.37 Å². The van der Waals surface area contributed by atoms with Gasteiger partial charge in [0.25, 0.3) is 0 Å². The second-order valence-corrected chi connectivity index (χ2v) is 5.00. The van der Waals surface area contributed by atoms with Gasteiger partial charge in [-0.15, -0.1) is 0 Å². The SMILES string of the molecule is Fc1ccccc1COc1cccc(CNC2CC2)n1. The van der Waals surface area contributed by atoms with Gasteiger partial charge in [0.1, 0.15) is 12.4 Å². The summed E-state index contributed by atoms with van der Waals surface area (Å²) in [5.41, 5.74) is 1.48. The standard InChI is InChI=1S/C16H17FN2O/c17-15-6-2-1-4-12(15)11-20-16-7-3-5-14(19-16)10-18-13-8-9-13/h1-7,13,18H,8-11H2. The minimum absolute atomic E-state index is 0.194. The Morgan fingerprint density at radius 3 is 2.80 bits per heavy atom. The highest BCUT2D eigenvalue weighted by Gasteiger charge is 2.20. The van der Waals surface area contributed by atoms with Crippen molar-refractivity contribution in [1.29, 1.82) is 0 Å². The molecule has 1 aliphatic rings. The van der Waals surface area contributed by atoms with Crippen molar-refractivity contribution in [2.24, 2.45) is 0 Å². The summed E-state index contributed by atoms with van der Waals surface area (Å²) >= 11 is 0.